The van der Waals surface area contributed by atoms with Crippen molar-refractivity contribution in [2.45, 2.75) is 33.2 Å². The van der Waals surface area contributed by atoms with E-state index in [-0.39, 0.29) is 11.8 Å². The topological polar surface area (TPSA) is 46.9 Å². The predicted octanol–water partition coefficient (Wildman–Crippen LogP) is 3.59. The smallest absolute Gasteiger partial charge is 0.227 e. The lowest BCUT2D eigenvalue weighted by atomic mass is 10.1. The number of aromatic nitrogens is 2. The van der Waals surface area contributed by atoms with Crippen molar-refractivity contribution in [1.82, 2.24) is 9.78 Å². The highest BCUT2D eigenvalue weighted by Gasteiger charge is 2.31. The van der Waals surface area contributed by atoms with Gasteiger partial charge in [-0.25, -0.2) is 22.0 Å². The van der Waals surface area contributed by atoms with Crippen LogP contribution in [0.3, 0.4) is 0 Å². The van der Waals surface area contributed by atoms with E-state index in [4.69, 9.17) is 0 Å². The lowest BCUT2D eigenvalue weighted by molar-refractivity contribution is -0.117. The molecule has 1 aliphatic rings. The first-order chi connectivity index (χ1) is 11.7. The van der Waals surface area contributed by atoms with Crippen molar-refractivity contribution in [3.63, 3.8) is 0 Å². The summed E-state index contributed by atoms with van der Waals surface area (Å²) in [6.07, 6.45) is 1.59. The molecule has 25 heavy (non-hydrogen) atoms. The van der Waals surface area contributed by atoms with Crippen molar-refractivity contribution in [1.29, 1.82) is 0 Å². The summed E-state index contributed by atoms with van der Waals surface area (Å²) < 4.78 is 68.5. The fourth-order valence-corrected chi connectivity index (χ4v) is 2.54. The average molecular weight is 359 g/mol. The fraction of sp³-hybridized carbons (Fsp3) is 0.375. The molecule has 0 spiro atoms. The summed E-state index contributed by atoms with van der Waals surface area (Å²) in [6, 6.07) is 0. The Morgan fingerprint density at radius 1 is 1.04 bits per heavy atom. The molecule has 3 rings (SSSR count). The normalized spacial score (nSPS) is 14.0. The van der Waals surface area contributed by atoms with Crippen molar-refractivity contribution in [3.8, 4) is 0 Å². The lowest BCUT2D eigenvalue weighted by Gasteiger charge is -2.10. The van der Waals surface area contributed by atoms with Gasteiger partial charge < -0.3 is 5.32 Å². The molecule has 1 fully saturated rings. The van der Waals surface area contributed by atoms with E-state index in [0.29, 0.717) is 17.1 Å². The molecule has 0 saturated heterocycles. The Hall–Kier alpha value is -2.45. The number of amides is 1. The molecule has 0 bridgehead atoms. The van der Waals surface area contributed by atoms with E-state index in [1.54, 1.807) is 6.92 Å². The monoisotopic (exact) mass is 359 g/mol. The van der Waals surface area contributed by atoms with Crippen LogP contribution in [-0.4, -0.2) is 15.7 Å². The number of rotatable bonds is 4. The number of anilines is 1. The highest BCUT2D eigenvalue weighted by molar-refractivity contribution is 5.95. The number of aryl methyl sites for hydroxylation is 1. The molecule has 2 aromatic rings. The third-order valence-corrected chi connectivity index (χ3v) is 4.19. The summed E-state index contributed by atoms with van der Waals surface area (Å²) in [5.41, 5.74) is 0.133. The van der Waals surface area contributed by atoms with Gasteiger partial charge >= 0.3 is 0 Å². The minimum Gasteiger partial charge on any atom is -0.323 e. The van der Waals surface area contributed by atoms with E-state index in [9.17, 15) is 26.7 Å². The van der Waals surface area contributed by atoms with Crippen LogP contribution in [0.15, 0.2) is 0 Å². The molecule has 9 heteroatoms. The maximum atomic E-state index is 13.8. The van der Waals surface area contributed by atoms with Crippen LogP contribution in [0.5, 0.6) is 0 Å². The van der Waals surface area contributed by atoms with E-state index >= 15 is 0 Å². The lowest BCUT2D eigenvalue weighted by Crippen LogP contribution is -2.15. The summed E-state index contributed by atoms with van der Waals surface area (Å²) >= 11 is 0. The molecule has 134 valence electrons. The van der Waals surface area contributed by atoms with Crippen molar-refractivity contribution in [2.75, 3.05) is 5.32 Å². The van der Waals surface area contributed by atoms with Gasteiger partial charge in [0, 0.05) is 5.92 Å². The maximum Gasteiger partial charge on any atom is 0.227 e. The Kier molecular flexibility index (Phi) is 4.26. The van der Waals surface area contributed by atoms with Gasteiger partial charge in [0.25, 0.3) is 0 Å². The predicted molar refractivity (Wildman–Crippen MR) is 78.4 cm³/mol. The van der Waals surface area contributed by atoms with Gasteiger partial charge in [-0.3, -0.25) is 9.48 Å². The Morgan fingerprint density at radius 3 is 2.08 bits per heavy atom. The van der Waals surface area contributed by atoms with Crippen LogP contribution in [0.2, 0.25) is 0 Å². The number of nitrogens with zero attached hydrogens (tertiary/aromatic N) is 2. The third-order valence-electron chi connectivity index (χ3n) is 4.19. The van der Waals surface area contributed by atoms with Crippen LogP contribution in [0.1, 0.15) is 29.8 Å². The molecular weight excluding hydrogens is 345 g/mol. The second kappa shape index (κ2) is 6.12. The number of halogens is 5. The van der Waals surface area contributed by atoms with Crippen molar-refractivity contribution in [3.05, 3.63) is 46.0 Å². The van der Waals surface area contributed by atoms with Gasteiger partial charge in [-0.05, 0) is 26.7 Å². The molecule has 0 unspecified atom stereocenters. The standard InChI is InChI=1S/C16H14F5N3O/c1-6-15(22-16(25)8-3-4-8)7(2)24(23-6)5-9-10(17)12(19)14(21)13(20)11(9)18/h8H,3-5H2,1-2H3,(H,22,25). The Bertz CT molecular complexity index is 844. The van der Waals surface area contributed by atoms with Gasteiger partial charge in [0.05, 0.1) is 29.2 Å². The summed E-state index contributed by atoms with van der Waals surface area (Å²) in [4.78, 5) is 11.9. The summed E-state index contributed by atoms with van der Waals surface area (Å²) in [7, 11) is 0. The van der Waals surface area contributed by atoms with Crippen LogP contribution in [-0.2, 0) is 11.3 Å². The van der Waals surface area contributed by atoms with E-state index < -0.39 is 41.2 Å². The van der Waals surface area contributed by atoms with Crippen molar-refractivity contribution >= 4 is 11.6 Å². The molecule has 1 heterocycles. The zero-order valence-electron chi connectivity index (χ0n) is 13.4. The molecule has 4 nitrogen and oxygen atoms in total. The number of carbonyl (C=O) groups is 1. The zero-order chi connectivity index (χ0) is 18.5. The number of hydrogen-bond acceptors (Lipinski definition) is 2. The maximum absolute atomic E-state index is 13.8. The first-order valence-corrected chi connectivity index (χ1v) is 7.57. The second-order valence-corrected chi connectivity index (χ2v) is 6.02. The average Bonchev–Trinajstić information content (AvgIpc) is 3.39. The molecule has 1 aromatic carbocycles. The number of nitrogens with one attached hydrogen (secondary N) is 1. The molecule has 0 radical (unpaired) electrons. The molecule has 0 atom stereocenters. The van der Waals surface area contributed by atoms with Gasteiger partial charge in [-0.15, -0.1) is 0 Å². The molecule has 0 aliphatic heterocycles. The second-order valence-electron chi connectivity index (χ2n) is 6.02. The molecule has 1 amide bonds. The summed E-state index contributed by atoms with van der Waals surface area (Å²) in [5.74, 6) is -10.2. The van der Waals surface area contributed by atoms with E-state index in [2.05, 4.69) is 10.4 Å². The minimum absolute atomic E-state index is 0.0580. The van der Waals surface area contributed by atoms with E-state index in [0.717, 1.165) is 17.5 Å². The quantitative estimate of drug-likeness (QED) is 0.515. The number of carbonyl (C=O) groups excluding carboxylic acids is 1. The highest BCUT2D eigenvalue weighted by atomic mass is 19.2. The molecule has 1 saturated carbocycles. The SMILES string of the molecule is Cc1nn(Cc2c(F)c(F)c(F)c(F)c2F)c(C)c1NC(=O)C1CC1. The third kappa shape index (κ3) is 2.98. The first-order valence-electron chi connectivity index (χ1n) is 7.57. The van der Waals surface area contributed by atoms with Crippen LogP contribution in [0, 0.1) is 48.9 Å². The largest absolute Gasteiger partial charge is 0.323 e. The number of benzene rings is 1. The molecule has 1 N–H and O–H groups in total. The molecular formula is C16H14F5N3O. The van der Waals surface area contributed by atoms with Crippen molar-refractivity contribution in [2.24, 2.45) is 5.92 Å². The van der Waals surface area contributed by atoms with Crippen molar-refractivity contribution < 1.29 is 26.7 Å². The van der Waals surface area contributed by atoms with E-state index in [1.165, 1.54) is 6.92 Å². The Balaban J connectivity index is 1.95. The van der Waals surface area contributed by atoms with Crippen LogP contribution in [0.4, 0.5) is 27.6 Å². The summed E-state index contributed by atoms with van der Waals surface area (Å²) in [6.45, 7) is 2.46. The summed E-state index contributed by atoms with van der Waals surface area (Å²) in [5, 5.41) is 6.72. The van der Waals surface area contributed by atoms with Gasteiger partial charge in [-0.1, -0.05) is 0 Å². The van der Waals surface area contributed by atoms with Crippen LogP contribution in [0.25, 0.3) is 0 Å². The highest BCUT2D eigenvalue weighted by Crippen LogP contribution is 2.32. The minimum atomic E-state index is -2.20. The van der Waals surface area contributed by atoms with Gasteiger partial charge in [-0.2, -0.15) is 5.10 Å². The number of hydrogen-bond donors (Lipinski definition) is 1. The first kappa shape index (κ1) is 17.4. The van der Waals surface area contributed by atoms with Crippen LogP contribution >= 0.6 is 0 Å². The van der Waals surface area contributed by atoms with Gasteiger partial charge in [0.15, 0.2) is 23.3 Å². The zero-order valence-corrected chi connectivity index (χ0v) is 13.4. The molecule has 1 aromatic heterocycles. The Morgan fingerprint density at radius 2 is 1.56 bits per heavy atom. The Labute approximate surface area is 139 Å². The van der Waals surface area contributed by atoms with Crippen LogP contribution < -0.4 is 5.32 Å². The fourth-order valence-electron chi connectivity index (χ4n) is 2.54. The van der Waals surface area contributed by atoms with Gasteiger partial charge in [0.2, 0.25) is 11.7 Å². The molecule has 1 aliphatic carbocycles. The van der Waals surface area contributed by atoms with E-state index in [1.807, 2.05) is 0 Å². The van der Waals surface area contributed by atoms with Gasteiger partial charge in [0.1, 0.15) is 0 Å².